The standard InChI is InChI=1S/C25H27N3O3/c1-25(2,3)16-23(30)27(14-13-18-7-5-4-6-8-18)21-15-22(29)28(24(21)31)20-11-9-19(17-26)10-12-20/h4-12,21H,13-16H2,1-3H3. The predicted molar refractivity (Wildman–Crippen MR) is 118 cm³/mol. The van der Waals surface area contributed by atoms with E-state index in [0.717, 1.165) is 10.5 Å². The number of carbonyl (C=O) groups is 3. The van der Waals surface area contributed by atoms with Gasteiger partial charge in [0.25, 0.3) is 5.91 Å². The highest BCUT2D eigenvalue weighted by Crippen LogP contribution is 2.28. The number of nitriles is 1. The molecule has 6 heteroatoms. The average molecular weight is 418 g/mol. The Bertz CT molecular complexity index is 1000. The SMILES string of the molecule is CC(C)(C)CC(=O)N(CCc1ccccc1)C1CC(=O)N(c2ccc(C#N)cc2)C1=O. The lowest BCUT2D eigenvalue weighted by atomic mass is 9.91. The number of rotatable bonds is 6. The van der Waals surface area contributed by atoms with Crippen LogP contribution in [0.2, 0.25) is 0 Å². The van der Waals surface area contributed by atoms with Crippen molar-refractivity contribution in [3.8, 4) is 6.07 Å². The van der Waals surface area contributed by atoms with Crippen molar-refractivity contribution in [2.75, 3.05) is 11.4 Å². The minimum Gasteiger partial charge on any atom is -0.330 e. The van der Waals surface area contributed by atoms with Gasteiger partial charge in [-0.05, 0) is 41.7 Å². The summed E-state index contributed by atoms with van der Waals surface area (Å²) >= 11 is 0. The van der Waals surface area contributed by atoms with Gasteiger partial charge in [-0.25, -0.2) is 4.90 Å². The Morgan fingerprint density at radius 1 is 1.10 bits per heavy atom. The summed E-state index contributed by atoms with van der Waals surface area (Å²) in [7, 11) is 0. The molecule has 1 saturated heterocycles. The van der Waals surface area contributed by atoms with Crippen molar-refractivity contribution in [1.29, 1.82) is 5.26 Å². The van der Waals surface area contributed by atoms with E-state index in [9.17, 15) is 14.4 Å². The first-order valence-electron chi connectivity index (χ1n) is 10.4. The summed E-state index contributed by atoms with van der Waals surface area (Å²) in [5.74, 6) is -0.866. The van der Waals surface area contributed by atoms with Crippen molar-refractivity contribution in [1.82, 2.24) is 4.90 Å². The first-order valence-corrected chi connectivity index (χ1v) is 10.4. The normalized spacial score (nSPS) is 16.3. The molecule has 0 saturated carbocycles. The zero-order valence-corrected chi connectivity index (χ0v) is 18.2. The van der Waals surface area contributed by atoms with E-state index in [2.05, 4.69) is 0 Å². The van der Waals surface area contributed by atoms with Crippen LogP contribution in [0, 0.1) is 16.7 Å². The quantitative estimate of drug-likeness (QED) is 0.671. The minimum absolute atomic E-state index is 0.0382. The molecule has 1 atom stereocenters. The summed E-state index contributed by atoms with van der Waals surface area (Å²) in [6.45, 7) is 6.30. The second-order valence-corrected chi connectivity index (χ2v) is 9.01. The van der Waals surface area contributed by atoms with Gasteiger partial charge in [-0.2, -0.15) is 5.26 Å². The summed E-state index contributed by atoms with van der Waals surface area (Å²) in [4.78, 5) is 41.8. The Morgan fingerprint density at radius 3 is 2.32 bits per heavy atom. The Labute approximate surface area is 183 Å². The Kier molecular flexibility index (Phi) is 6.55. The lowest BCUT2D eigenvalue weighted by Gasteiger charge is -2.30. The smallest absolute Gasteiger partial charge is 0.257 e. The molecule has 1 unspecified atom stereocenters. The highest BCUT2D eigenvalue weighted by molar-refractivity contribution is 6.23. The lowest BCUT2D eigenvalue weighted by molar-refractivity contribution is -0.139. The van der Waals surface area contributed by atoms with Gasteiger partial charge in [0.05, 0.1) is 23.7 Å². The molecule has 1 fully saturated rings. The van der Waals surface area contributed by atoms with Gasteiger partial charge in [0.1, 0.15) is 6.04 Å². The van der Waals surface area contributed by atoms with E-state index in [1.165, 1.54) is 0 Å². The Morgan fingerprint density at radius 2 is 1.74 bits per heavy atom. The van der Waals surface area contributed by atoms with Gasteiger partial charge in [-0.3, -0.25) is 14.4 Å². The van der Waals surface area contributed by atoms with E-state index in [0.29, 0.717) is 24.2 Å². The van der Waals surface area contributed by atoms with E-state index >= 15 is 0 Å². The first-order chi connectivity index (χ1) is 14.7. The van der Waals surface area contributed by atoms with E-state index < -0.39 is 11.9 Å². The van der Waals surface area contributed by atoms with Crippen LogP contribution < -0.4 is 4.90 Å². The van der Waals surface area contributed by atoms with Crippen LogP contribution in [0.3, 0.4) is 0 Å². The summed E-state index contributed by atoms with van der Waals surface area (Å²) in [5.41, 5.74) is 1.70. The maximum atomic E-state index is 13.2. The molecule has 2 aromatic carbocycles. The molecular formula is C25H27N3O3. The van der Waals surface area contributed by atoms with Gasteiger partial charge in [-0.1, -0.05) is 51.1 Å². The van der Waals surface area contributed by atoms with Crippen LogP contribution in [-0.2, 0) is 20.8 Å². The molecule has 0 aliphatic carbocycles. The summed E-state index contributed by atoms with van der Waals surface area (Å²) in [5, 5.41) is 8.98. The summed E-state index contributed by atoms with van der Waals surface area (Å²) in [6, 6.07) is 17.3. The molecule has 6 nitrogen and oxygen atoms in total. The van der Waals surface area contributed by atoms with Gasteiger partial charge in [-0.15, -0.1) is 0 Å². The topological polar surface area (TPSA) is 81.5 Å². The fourth-order valence-corrected chi connectivity index (χ4v) is 3.72. The highest BCUT2D eigenvalue weighted by Gasteiger charge is 2.44. The van der Waals surface area contributed by atoms with Gasteiger partial charge < -0.3 is 4.90 Å². The van der Waals surface area contributed by atoms with Crippen LogP contribution in [0.1, 0.15) is 44.7 Å². The van der Waals surface area contributed by atoms with Gasteiger partial charge >= 0.3 is 0 Å². The molecule has 0 radical (unpaired) electrons. The molecule has 3 amide bonds. The van der Waals surface area contributed by atoms with Crippen LogP contribution in [-0.4, -0.2) is 35.2 Å². The van der Waals surface area contributed by atoms with Crippen LogP contribution >= 0.6 is 0 Å². The zero-order chi connectivity index (χ0) is 22.6. The molecule has 3 rings (SSSR count). The zero-order valence-electron chi connectivity index (χ0n) is 18.2. The Balaban J connectivity index is 1.84. The van der Waals surface area contributed by atoms with E-state index in [4.69, 9.17) is 5.26 Å². The third-order valence-electron chi connectivity index (χ3n) is 5.24. The largest absolute Gasteiger partial charge is 0.330 e. The number of anilines is 1. The molecule has 160 valence electrons. The fourth-order valence-electron chi connectivity index (χ4n) is 3.72. The molecule has 2 aromatic rings. The van der Waals surface area contributed by atoms with E-state index in [1.807, 2.05) is 57.2 Å². The van der Waals surface area contributed by atoms with Crippen LogP contribution in [0.25, 0.3) is 0 Å². The van der Waals surface area contributed by atoms with Gasteiger partial charge in [0.2, 0.25) is 11.8 Å². The van der Waals surface area contributed by atoms with Crippen molar-refractivity contribution >= 4 is 23.4 Å². The van der Waals surface area contributed by atoms with Crippen LogP contribution in [0.15, 0.2) is 54.6 Å². The average Bonchev–Trinajstić information content (AvgIpc) is 3.01. The Hall–Kier alpha value is -3.46. The molecule has 0 N–H and O–H groups in total. The van der Waals surface area contributed by atoms with Crippen molar-refractivity contribution in [2.24, 2.45) is 5.41 Å². The molecule has 0 aromatic heterocycles. The van der Waals surface area contributed by atoms with E-state index in [1.54, 1.807) is 29.2 Å². The number of amides is 3. The molecular weight excluding hydrogens is 390 g/mol. The molecule has 1 heterocycles. The molecule has 0 spiro atoms. The number of hydrogen-bond donors (Lipinski definition) is 0. The predicted octanol–water partition coefficient (Wildman–Crippen LogP) is 3.70. The molecule has 31 heavy (non-hydrogen) atoms. The summed E-state index contributed by atoms with van der Waals surface area (Å²) in [6.07, 6.45) is 0.853. The number of nitrogens with zero attached hydrogens (tertiary/aromatic N) is 3. The minimum atomic E-state index is -0.818. The van der Waals surface area contributed by atoms with Gasteiger partial charge in [0.15, 0.2) is 0 Å². The molecule has 1 aliphatic heterocycles. The van der Waals surface area contributed by atoms with Crippen LogP contribution in [0.4, 0.5) is 5.69 Å². The number of hydrogen-bond acceptors (Lipinski definition) is 4. The molecule has 0 bridgehead atoms. The van der Waals surface area contributed by atoms with Crippen molar-refractivity contribution in [3.63, 3.8) is 0 Å². The third-order valence-corrected chi connectivity index (χ3v) is 5.24. The number of benzene rings is 2. The number of imide groups is 1. The van der Waals surface area contributed by atoms with Crippen molar-refractivity contribution in [2.45, 2.75) is 46.1 Å². The lowest BCUT2D eigenvalue weighted by Crippen LogP contribution is -2.47. The van der Waals surface area contributed by atoms with E-state index in [-0.39, 0.29) is 30.1 Å². The van der Waals surface area contributed by atoms with Gasteiger partial charge in [0, 0.05) is 13.0 Å². The summed E-state index contributed by atoms with van der Waals surface area (Å²) < 4.78 is 0. The highest BCUT2D eigenvalue weighted by atomic mass is 16.2. The maximum absolute atomic E-state index is 13.2. The van der Waals surface area contributed by atoms with Crippen LogP contribution in [0.5, 0.6) is 0 Å². The first kappa shape index (κ1) is 22.2. The monoisotopic (exact) mass is 417 g/mol. The fraction of sp³-hybridized carbons (Fsp3) is 0.360. The third kappa shape index (κ3) is 5.37. The number of carbonyl (C=O) groups excluding carboxylic acids is 3. The molecule has 1 aliphatic rings. The maximum Gasteiger partial charge on any atom is 0.257 e. The second kappa shape index (κ2) is 9.13. The van der Waals surface area contributed by atoms with Crippen molar-refractivity contribution in [3.05, 3.63) is 65.7 Å². The van der Waals surface area contributed by atoms with Crippen molar-refractivity contribution < 1.29 is 14.4 Å². The second-order valence-electron chi connectivity index (χ2n) is 9.01.